The Labute approximate surface area is 187 Å². The molecule has 1 amide bonds. The van der Waals surface area contributed by atoms with E-state index in [2.05, 4.69) is 24.0 Å². The van der Waals surface area contributed by atoms with Crippen molar-refractivity contribution in [3.63, 3.8) is 0 Å². The number of carbonyl (C=O) groups is 1. The van der Waals surface area contributed by atoms with Gasteiger partial charge in [-0.15, -0.1) is 0 Å². The van der Waals surface area contributed by atoms with Crippen LogP contribution in [0.15, 0.2) is 73.1 Å². The predicted octanol–water partition coefficient (Wildman–Crippen LogP) is 4.30. The predicted molar refractivity (Wildman–Crippen MR) is 127 cm³/mol. The second kappa shape index (κ2) is 8.38. The third-order valence-electron chi connectivity index (χ3n) is 6.12. The minimum atomic E-state index is 0.0769. The summed E-state index contributed by atoms with van der Waals surface area (Å²) in [6.45, 7) is 4.94. The Balaban J connectivity index is 1.29. The number of fused-ring (bicyclic) bond motifs is 1. The van der Waals surface area contributed by atoms with Gasteiger partial charge < -0.3 is 19.1 Å². The SMILES string of the molecule is COc1cccc2c(C)cc(N3CCN(C(=O)c4ccc(-n5cccc5)cc4)CC3)nc12. The number of pyridine rings is 1. The molecule has 6 nitrogen and oxygen atoms in total. The van der Waals surface area contributed by atoms with Crippen molar-refractivity contribution in [1.82, 2.24) is 14.5 Å². The molecule has 0 N–H and O–H groups in total. The van der Waals surface area contributed by atoms with Gasteiger partial charge in [0.2, 0.25) is 0 Å². The molecule has 1 aliphatic rings. The maximum Gasteiger partial charge on any atom is 0.253 e. The first-order valence-electron chi connectivity index (χ1n) is 10.9. The number of aryl methyl sites for hydroxylation is 1. The molecule has 1 aliphatic heterocycles. The van der Waals surface area contributed by atoms with Crippen molar-refractivity contribution < 1.29 is 9.53 Å². The number of ether oxygens (including phenoxy) is 1. The number of para-hydroxylation sites is 1. The Morgan fingerprint density at radius 1 is 0.938 bits per heavy atom. The lowest BCUT2D eigenvalue weighted by atomic mass is 10.1. The molecule has 5 rings (SSSR count). The van der Waals surface area contributed by atoms with Gasteiger partial charge in [0.05, 0.1) is 7.11 Å². The number of piperazine rings is 1. The van der Waals surface area contributed by atoms with Crippen LogP contribution in [0, 0.1) is 6.92 Å². The van der Waals surface area contributed by atoms with E-state index in [0.29, 0.717) is 13.1 Å². The van der Waals surface area contributed by atoms with Crippen LogP contribution in [0.1, 0.15) is 15.9 Å². The highest BCUT2D eigenvalue weighted by Crippen LogP contribution is 2.29. The topological polar surface area (TPSA) is 50.6 Å². The number of nitrogens with zero attached hydrogens (tertiary/aromatic N) is 4. The first kappa shape index (κ1) is 20.1. The van der Waals surface area contributed by atoms with Crippen LogP contribution in [0.3, 0.4) is 0 Å². The zero-order chi connectivity index (χ0) is 22.1. The second-order valence-electron chi connectivity index (χ2n) is 8.07. The molecule has 1 fully saturated rings. The van der Waals surface area contributed by atoms with Crippen molar-refractivity contribution in [1.29, 1.82) is 0 Å². The Bertz CT molecular complexity index is 1240. The lowest BCUT2D eigenvalue weighted by Crippen LogP contribution is -2.49. The van der Waals surface area contributed by atoms with Gasteiger partial charge >= 0.3 is 0 Å². The Kier molecular flexibility index (Phi) is 5.27. The molecule has 0 atom stereocenters. The van der Waals surface area contributed by atoms with Gasteiger partial charge in [-0.05, 0) is 61.0 Å². The van der Waals surface area contributed by atoms with Crippen LogP contribution in [-0.2, 0) is 0 Å². The molecule has 3 heterocycles. The molecular weight excluding hydrogens is 400 g/mol. The van der Waals surface area contributed by atoms with Crippen LogP contribution in [-0.4, -0.2) is 53.6 Å². The molecular formula is C26H26N4O2. The van der Waals surface area contributed by atoms with Gasteiger partial charge in [0.25, 0.3) is 5.91 Å². The molecule has 32 heavy (non-hydrogen) atoms. The van der Waals surface area contributed by atoms with E-state index in [-0.39, 0.29) is 5.91 Å². The summed E-state index contributed by atoms with van der Waals surface area (Å²) in [7, 11) is 1.67. The number of hydrogen-bond donors (Lipinski definition) is 0. The fraction of sp³-hybridized carbons (Fsp3) is 0.231. The molecule has 162 valence electrons. The van der Waals surface area contributed by atoms with Gasteiger partial charge in [0.1, 0.15) is 17.1 Å². The average Bonchev–Trinajstić information content (AvgIpc) is 3.38. The summed E-state index contributed by atoms with van der Waals surface area (Å²) in [5.74, 6) is 1.79. The number of anilines is 1. The summed E-state index contributed by atoms with van der Waals surface area (Å²) in [5, 5.41) is 1.10. The number of aromatic nitrogens is 2. The number of carbonyl (C=O) groups excluding carboxylic acids is 1. The molecule has 4 aromatic rings. The normalized spacial score (nSPS) is 14.1. The summed E-state index contributed by atoms with van der Waals surface area (Å²) >= 11 is 0. The van der Waals surface area contributed by atoms with Crippen LogP contribution in [0.2, 0.25) is 0 Å². The van der Waals surface area contributed by atoms with Crippen molar-refractivity contribution in [2.24, 2.45) is 0 Å². The summed E-state index contributed by atoms with van der Waals surface area (Å²) in [4.78, 5) is 22.1. The first-order valence-corrected chi connectivity index (χ1v) is 10.9. The van der Waals surface area contributed by atoms with E-state index in [0.717, 1.165) is 46.8 Å². The Morgan fingerprint density at radius 2 is 1.66 bits per heavy atom. The molecule has 6 heteroatoms. The van der Waals surface area contributed by atoms with Gasteiger partial charge in [-0.1, -0.05) is 12.1 Å². The number of amides is 1. The van der Waals surface area contributed by atoms with E-state index in [1.165, 1.54) is 5.56 Å². The van der Waals surface area contributed by atoms with Crippen molar-refractivity contribution in [2.45, 2.75) is 6.92 Å². The first-order chi connectivity index (χ1) is 15.6. The number of rotatable bonds is 4. The molecule has 0 radical (unpaired) electrons. The second-order valence-corrected chi connectivity index (χ2v) is 8.07. The van der Waals surface area contributed by atoms with Crippen molar-refractivity contribution >= 4 is 22.6 Å². The monoisotopic (exact) mass is 426 g/mol. The van der Waals surface area contributed by atoms with E-state index in [1.54, 1.807) is 7.11 Å². The number of methoxy groups -OCH3 is 1. The van der Waals surface area contributed by atoms with Gasteiger partial charge in [-0.3, -0.25) is 4.79 Å². The summed E-state index contributed by atoms with van der Waals surface area (Å²) in [5.41, 5.74) is 3.82. The van der Waals surface area contributed by atoms with Crippen molar-refractivity contribution in [2.75, 3.05) is 38.2 Å². The maximum atomic E-state index is 13.0. The van der Waals surface area contributed by atoms with E-state index in [1.807, 2.05) is 70.4 Å². The zero-order valence-corrected chi connectivity index (χ0v) is 18.4. The maximum absolute atomic E-state index is 13.0. The smallest absolute Gasteiger partial charge is 0.253 e. The quantitative estimate of drug-likeness (QED) is 0.488. The largest absolute Gasteiger partial charge is 0.494 e. The van der Waals surface area contributed by atoms with Crippen LogP contribution < -0.4 is 9.64 Å². The zero-order valence-electron chi connectivity index (χ0n) is 18.4. The summed E-state index contributed by atoms with van der Waals surface area (Å²) < 4.78 is 7.55. The molecule has 0 spiro atoms. The average molecular weight is 427 g/mol. The third-order valence-corrected chi connectivity index (χ3v) is 6.12. The van der Waals surface area contributed by atoms with Crippen LogP contribution >= 0.6 is 0 Å². The highest BCUT2D eigenvalue weighted by atomic mass is 16.5. The van der Waals surface area contributed by atoms with E-state index >= 15 is 0 Å². The lowest BCUT2D eigenvalue weighted by Gasteiger charge is -2.35. The standard InChI is InChI=1S/C26H26N4O2/c1-19-18-24(27-25-22(19)6-5-7-23(25)32-2)29-14-16-30(17-15-29)26(31)20-8-10-21(11-9-20)28-12-3-4-13-28/h3-13,18H,14-17H2,1-2H3. The fourth-order valence-corrected chi connectivity index (χ4v) is 4.30. The minimum Gasteiger partial charge on any atom is -0.494 e. The summed E-state index contributed by atoms with van der Waals surface area (Å²) in [6, 6.07) is 19.9. The van der Waals surface area contributed by atoms with Crippen molar-refractivity contribution in [3.05, 3.63) is 84.2 Å². The molecule has 0 aliphatic carbocycles. The van der Waals surface area contributed by atoms with Crippen LogP contribution in [0.4, 0.5) is 5.82 Å². The molecule has 0 unspecified atom stereocenters. The van der Waals surface area contributed by atoms with Gasteiger partial charge in [-0.25, -0.2) is 4.98 Å². The van der Waals surface area contributed by atoms with E-state index < -0.39 is 0 Å². The Hall–Kier alpha value is -3.80. The summed E-state index contributed by atoms with van der Waals surface area (Å²) in [6.07, 6.45) is 3.99. The van der Waals surface area contributed by atoms with Crippen molar-refractivity contribution in [3.8, 4) is 11.4 Å². The highest BCUT2D eigenvalue weighted by Gasteiger charge is 2.23. The third kappa shape index (κ3) is 3.68. The van der Waals surface area contributed by atoms with E-state index in [9.17, 15) is 4.79 Å². The molecule has 2 aromatic carbocycles. The van der Waals surface area contributed by atoms with Crippen LogP contribution in [0.5, 0.6) is 5.75 Å². The minimum absolute atomic E-state index is 0.0769. The van der Waals surface area contributed by atoms with Crippen LogP contribution in [0.25, 0.3) is 16.6 Å². The lowest BCUT2D eigenvalue weighted by molar-refractivity contribution is 0.0746. The van der Waals surface area contributed by atoms with Gasteiger partial charge in [-0.2, -0.15) is 0 Å². The van der Waals surface area contributed by atoms with Gasteiger partial charge in [0, 0.05) is 55.2 Å². The number of benzene rings is 2. The van der Waals surface area contributed by atoms with Gasteiger partial charge in [0.15, 0.2) is 0 Å². The van der Waals surface area contributed by atoms with E-state index in [4.69, 9.17) is 9.72 Å². The number of hydrogen-bond acceptors (Lipinski definition) is 4. The molecule has 2 aromatic heterocycles. The molecule has 0 bridgehead atoms. The highest BCUT2D eigenvalue weighted by molar-refractivity contribution is 5.94. The molecule has 1 saturated heterocycles. The fourth-order valence-electron chi connectivity index (χ4n) is 4.30. The Morgan fingerprint density at radius 3 is 2.34 bits per heavy atom. The molecule has 0 saturated carbocycles.